The number of aryl methyl sites for hydroxylation is 1. The van der Waals surface area contributed by atoms with Gasteiger partial charge in [-0.2, -0.15) is 0 Å². The number of hydrogen-bond acceptors (Lipinski definition) is 3. The van der Waals surface area contributed by atoms with Crippen molar-refractivity contribution in [3.63, 3.8) is 0 Å². The van der Waals surface area contributed by atoms with Crippen LogP contribution in [-0.4, -0.2) is 14.3 Å². The second-order valence-corrected chi connectivity index (χ2v) is 6.83. The molecule has 2 aromatic rings. The van der Waals surface area contributed by atoms with Crippen LogP contribution < -0.4 is 10.0 Å². The summed E-state index contributed by atoms with van der Waals surface area (Å²) in [6.45, 7) is 3.34. The number of benzene rings is 2. The van der Waals surface area contributed by atoms with Crippen LogP contribution in [0.5, 0.6) is 0 Å². The van der Waals surface area contributed by atoms with E-state index in [1.165, 1.54) is 6.92 Å². The van der Waals surface area contributed by atoms with Crippen LogP contribution in [0.3, 0.4) is 0 Å². The number of hydrogen-bond donors (Lipinski definition) is 2. The topological polar surface area (TPSA) is 75.3 Å². The molecule has 5 nitrogen and oxygen atoms in total. The van der Waals surface area contributed by atoms with E-state index in [9.17, 15) is 13.2 Å². The minimum absolute atomic E-state index is 0.0812. The highest BCUT2D eigenvalue weighted by molar-refractivity contribution is 7.91. The first-order valence-corrected chi connectivity index (χ1v) is 8.43. The Kier molecular flexibility index (Phi) is 4.82. The SMILES string of the molecule is CC(=O)Nc1ccc(NS(=O)(=O)Cc2cccc(C)c2)cc1. The quantitative estimate of drug-likeness (QED) is 0.890. The van der Waals surface area contributed by atoms with Crippen LogP contribution in [0, 0.1) is 6.92 Å². The van der Waals surface area contributed by atoms with Crippen LogP contribution in [0.2, 0.25) is 0 Å². The Labute approximate surface area is 130 Å². The van der Waals surface area contributed by atoms with Gasteiger partial charge in [-0.1, -0.05) is 29.8 Å². The zero-order chi connectivity index (χ0) is 16.2. The van der Waals surface area contributed by atoms with E-state index >= 15 is 0 Å². The maximum atomic E-state index is 12.2. The molecule has 2 aromatic carbocycles. The molecular weight excluding hydrogens is 300 g/mol. The third-order valence-electron chi connectivity index (χ3n) is 2.92. The zero-order valence-corrected chi connectivity index (χ0v) is 13.3. The lowest BCUT2D eigenvalue weighted by atomic mass is 10.2. The molecule has 0 radical (unpaired) electrons. The average Bonchev–Trinajstić information content (AvgIpc) is 2.39. The number of nitrogens with one attached hydrogen (secondary N) is 2. The van der Waals surface area contributed by atoms with Gasteiger partial charge in [0.2, 0.25) is 15.9 Å². The summed E-state index contributed by atoms with van der Waals surface area (Å²) < 4.78 is 26.9. The summed E-state index contributed by atoms with van der Waals surface area (Å²) >= 11 is 0. The molecule has 116 valence electrons. The molecule has 0 atom stereocenters. The maximum Gasteiger partial charge on any atom is 0.236 e. The molecule has 22 heavy (non-hydrogen) atoms. The van der Waals surface area contributed by atoms with Crippen molar-refractivity contribution in [2.24, 2.45) is 0 Å². The second-order valence-electron chi connectivity index (χ2n) is 5.11. The third kappa shape index (κ3) is 4.89. The number of amides is 1. The van der Waals surface area contributed by atoms with Crippen LogP contribution in [-0.2, 0) is 20.6 Å². The molecule has 0 saturated carbocycles. The molecular formula is C16H18N2O3S. The Morgan fingerprint density at radius 3 is 2.27 bits per heavy atom. The van der Waals surface area contributed by atoms with E-state index in [4.69, 9.17) is 0 Å². The summed E-state index contributed by atoms with van der Waals surface area (Å²) in [5.74, 6) is -0.255. The van der Waals surface area contributed by atoms with Crippen molar-refractivity contribution in [1.29, 1.82) is 0 Å². The Balaban J connectivity index is 2.06. The van der Waals surface area contributed by atoms with Crippen LogP contribution in [0.25, 0.3) is 0 Å². The Morgan fingerprint density at radius 1 is 1.05 bits per heavy atom. The molecule has 0 aliphatic rings. The predicted molar refractivity (Wildman–Crippen MR) is 88.2 cm³/mol. The van der Waals surface area contributed by atoms with Crippen molar-refractivity contribution in [2.45, 2.75) is 19.6 Å². The Bertz CT molecular complexity index is 768. The van der Waals surface area contributed by atoms with Gasteiger partial charge >= 0.3 is 0 Å². The van der Waals surface area contributed by atoms with Crippen molar-refractivity contribution in [3.8, 4) is 0 Å². The molecule has 0 unspecified atom stereocenters. The molecule has 2 rings (SSSR count). The van der Waals surface area contributed by atoms with E-state index in [0.29, 0.717) is 11.4 Å². The van der Waals surface area contributed by atoms with Crippen LogP contribution >= 0.6 is 0 Å². The van der Waals surface area contributed by atoms with Gasteiger partial charge in [-0.25, -0.2) is 8.42 Å². The van der Waals surface area contributed by atoms with Crippen LogP contribution in [0.4, 0.5) is 11.4 Å². The molecule has 0 fully saturated rings. The third-order valence-corrected chi connectivity index (χ3v) is 4.18. The lowest BCUT2D eigenvalue weighted by Crippen LogP contribution is -2.15. The molecule has 0 aliphatic carbocycles. The highest BCUT2D eigenvalue weighted by atomic mass is 32.2. The monoisotopic (exact) mass is 318 g/mol. The van der Waals surface area contributed by atoms with Crippen molar-refractivity contribution in [1.82, 2.24) is 0 Å². The highest BCUT2D eigenvalue weighted by Crippen LogP contribution is 2.16. The summed E-state index contributed by atoms with van der Waals surface area (Å²) in [5, 5.41) is 2.62. The summed E-state index contributed by atoms with van der Waals surface area (Å²) in [6.07, 6.45) is 0. The Hall–Kier alpha value is -2.34. The molecule has 2 N–H and O–H groups in total. The normalized spacial score (nSPS) is 11.0. The standard InChI is InChI=1S/C16H18N2O3S/c1-12-4-3-5-14(10-12)11-22(20,21)18-16-8-6-15(7-9-16)17-13(2)19/h3-10,18H,11H2,1-2H3,(H,17,19). The van der Waals surface area contributed by atoms with Gasteiger partial charge in [0, 0.05) is 18.3 Å². The second kappa shape index (κ2) is 6.62. The van der Waals surface area contributed by atoms with Gasteiger partial charge in [0.25, 0.3) is 0 Å². The molecule has 0 aromatic heterocycles. The van der Waals surface area contributed by atoms with Crippen LogP contribution in [0.1, 0.15) is 18.1 Å². The molecule has 1 amide bonds. The Morgan fingerprint density at radius 2 is 1.68 bits per heavy atom. The van der Waals surface area contributed by atoms with Crippen molar-refractivity contribution in [2.75, 3.05) is 10.0 Å². The molecule has 0 bridgehead atoms. The molecule has 6 heteroatoms. The first kappa shape index (κ1) is 16.0. The number of sulfonamides is 1. The predicted octanol–water partition coefficient (Wildman–Crippen LogP) is 2.90. The lowest BCUT2D eigenvalue weighted by molar-refractivity contribution is -0.114. The lowest BCUT2D eigenvalue weighted by Gasteiger charge is -2.09. The van der Waals surface area contributed by atoms with Gasteiger partial charge in [-0.05, 0) is 36.8 Å². The van der Waals surface area contributed by atoms with Gasteiger partial charge in [0.1, 0.15) is 0 Å². The number of anilines is 2. The van der Waals surface area contributed by atoms with Gasteiger partial charge in [-0.3, -0.25) is 9.52 Å². The zero-order valence-electron chi connectivity index (χ0n) is 12.5. The average molecular weight is 318 g/mol. The molecule has 0 aliphatic heterocycles. The van der Waals surface area contributed by atoms with Crippen molar-refractivity contribution in [3.05, 3.63) is 59.7 Å². The van der Waals surface area contributed by atoms with Gasteiger partial charge < -0.3 is 5.32 Å². The highest BCUT2D eigenvalue weighted by Gasteiger charge is 2.12. The number of rotatable bonds is 5. The van der Waals surface area contributed by atoms with E-state index in [2.05, 4.69) is 10.0 Å². The first-order valence-electron chi connectivity index (χ1n) is 6.78. The molecule has 0 spiro atoms. The van der Waals surface area contributed by atoms with Gasteiger partial charge in [0.15, 0.2) is 0 Å². The minimum Gasteiger partial charge on any atom is -0.326 e. The minimum atomic E-state index is -3.48. The van der Waals surface area contributed by atoms with E-state index in [-0.39, 0.29) is 11.7 Å². The van der Waals surface area contributed by atoms with Gasteiger partial charge in [0.05, 0.1) is 5.75 Å². The summed E-state index contributed by atoms with van der Waals surface area (Å²) in [7, 11) is -3.48. The summed E-state index contributed by atoms with van der Waals surface area (Å²) in [4.78, 5) is 10.9. The van der Waals surface area contributed by atoms with Crippen LogP contribution in [0.15, 0.2) is 48.5 Å². The fraction of sp³-hybridized carbons (Fsp3) is 0.188. The largest absolute Gasteiger partial charge is 0.326 e. The van der Waals surface area contributed by atoms with Crippen molar-refractivity contribution < 1.29 is 13.2 Å². The molecule has 0 heterocycles. The summed E-state index contributed by atoms with van der Waals surface area (Å²) in [6, 6.07) is 13.9. The van der Waals surface area contributed by atoms with E-state index in [0.717, 1.165) is 11.1 Å². The molecule has 0 saturated heterocycles. The summed E-state index contributed by atoms with van der Waals surface area (Å²) in [5.41, 5.74) is 2.84. The first-order chi connectivity index (χ1) is 10.3. The van der Waals surface area contributed by atoms with E-state index in [1.54, 1.807) is 30.3 Å². The fourth-order valence-corrected chi connectivity index (χ4v) is 3.25. The number of carbonyl (C=O) groups is 1. The fourth-order valence-electron chi connectivity index (χ4n) is 2.06. The van der Waals surface area contributed by atoms with Crippen molar-refractivity contribution >= 4 is 27.3 Å². The van der Waals surface area contributed by atoms with Gasteiger partial charge in [-0.15, -0.1) is 0 Å². The maximum absolute atomic E-state index is 12.2. The number of carbonyl (C=O) groups excluding carboxylic acids is 1. The van der Waals surface area contributed by atoms with E-state index < -0.39 is 10.0 Å². The smallest absolute Gasteiger partial charge is 0.236 e. The van der Waals surface area contributed by atoms with E-state index in [1.807, 2.05) is 25.1 Å².